The fourth-order valence-electron chi connectivity index (χ4n) is 5.22. The first kappa shape index (κ1) is 21.4. The lowest BCUT2D eigenvalue weighted by molar-refractivity contribution is 0.0648. The van der Waals surface area contributed by atoms with Crippen LogP contribution in [0.3, 0.4) is 0 Å². The summed E-state index contributed by atoms with van der Waals surface area (Å²) in [6, 6.07) is 29.0. The van der Waals surface area contributed by atoms with Gasteiger partial charge in [-0.25, -0.2) is 9.79 Å². The fraction of sp³-hybridized carbons (Fsp3) is 0.148. The van der Waals surface area contributed by atoms with E-state index in [2.05, 4.69) is 5.43 Å². The molecule has 2 amide bonds. The maximum Gasteiger partial charge on any atom is 0.324 e. The molecular formula is C27H23N5O2S. The van der Waals surface area contributed by atoms with Crippen molar-refractivity contribution in [3.05, 3.63) is 127 Å². The van der Waals surface area contributed by atoms with Gasteiger partial charge >= 0.3 is 6.03 Å². The first-order chi connectivity index (χ1) is 17.0. The molecule has 7 nitrogen and oxygen atoms in total. The van der Waals surface area contributed by atoms with Crippen molar-refractivity contribution in [1.29, 1.82) is 0 Å². The highest BCUT2D eigenvalue weighted by Crippen LogP contribution is 2.53. The molecule has 2 atom stereocenters. The van der Waals surface area contributed by atoms with Crippen LogP contribution in [0.4, 0.5) is 4.79 Å². The Kier molecular flexibility index (Phi) is 4.69. The van der Waals surface area contributed by atoms with Crippen molar-refractivity contribution in [3.8, 4) is 0 Å². The van der Waals surface area contributed by atoms with Gasteiger partial charge in [0.2, 0.25) is 16.1 Å². The second-order valence-corrected chi connectivity index (χ2v) is 9.69. The molecule has 1 fully saturated rings. The first-order valence-corrected chi connectivity index (χ1v) is 12.1. The number of fused-ring (bicyclic) bond motifs is 2. The van der Waals surface area contributed by atoms with Crippen LogP contribution < -0.4 is 20.3 Å². The minimum absolute atomic E-state index is 0.201. The van der Waals surface area contributed by atoms with Gasteiger partial charge in [0.1, 0.15) is 0 Å². The van der Waals surface area contributed by atoms with Crippen LogP contribution in [-0.4, -0.2) is 34.6 Å². The predicted molar refractivity (Wildman–Crippen MR) is 136 cm³/mol. The van der Waals surface area contributed by atoms with Gasteiger partial charge in [-0.1, -0.05) is 102 Å². The van der Waals surface area contributed by atoms with E-state index < -0.39 is 11.3 Å². The Morgan fingerprint density at radius 1 is 0.800 bits per heavy atom. The van der Waals surface area contributed by atoms with Crippen LogP contribution in [0.2, 0.25) is 0 Å². The van der Waals surface area contributed by atoms with Gasteiger partial charge in [-0.3, -0.25) is 20.0 Å². The van der Waals surface area contributed by atoms with Crippen LogP contribution in [0.25, 0.3) is 6.08 Å². The molecule has 1 aromatic heterocycles. The number of aromatic nitrogens is 1. The number of thiazole rings is 1. The normalized spacial score (nSPS) is 23.5. The lowest BCUT2D eigenvalue weighted by Gasteiger charge is -2.49. The maximum atomic E-state index is 13.6. The lowest BCUT2D eigenvalue weighted by Crippen LogP contribution is -2.67. The molecule has 3 heterocycles. The van der Waals surface area contributed by atoms with E-state index in [1.54, 1.807) is 23.9 Å². The van der Waals surface area contributed by atoms with Crippen molar-refractivity contribution in [3.63, 3.8) is 0 Å². The Morgan fingerprint density at radius 2 is 1.37 bits per heavy atom. The fourth-order valence-corrected chi connectivity index (χ4v) is 6.18. The third-order valence-electron chi connectivity index (χ3n) is 6.87. The summed E-state index contributed by atoms with van der Waals surface area (Å²) in [5.74, 6) is 0. The van der Waals surface area contributed by atoms with Crippen LogP contribution >= 0.6 is 11.3 Å². The third-order valence-corrected chi connectivity index (χ3v) is 7.84. The number of carbonyl (C=O) groups is 1. The molecule has 35 heavy (non-hydrogen) atoms. The molecule has 2 aliphatic heterocycles. The summed E-state index contributed by atoms with van der Waals surface area (Å²) in [6.07, 6.45) is 1.87. The maximum absolute atomic E-state index is 13.6. The number of nitrogens with one attached hydrogen (secondary N) is 1. The second kappa shape index (κ2) is 7.68. The van der Waals surface area contributed by atoms with E-state index in [9.17, 15) is 9.59 Å². The number of urea groups is 1. The molecule has 0 bridgehead atoms. The van der Waals surface area contributed by atoms with E-state index in [1.165, 1.54) is 16.0 Å². The van der Waals surface area contributed by atoms with Crippen molar-refractivity contribution in [2.24, 2.45) is 4.99 Å². The van der Waals surface area contributed by atoms with Gasteiger partial charge in [-0.2, -0.15) is 4.68 Å². The van der Waals surface area contributed by atoms with Crippen molar-refractivity contribution in [1.82, 2.24) is 14.5 Å². The number of amides is 2. The highest BCUT2D eigenvalue weighted by atomic mass is 32.1. The summed E-state index contributed by atoms with van der Waals surface area (Å²) in [6.45, 7) is 0. The Balaban J connectivity index is 1.72. The predicted octanol–water partition coefficient (Wildman–Crippen LogP) is 2.62. The van der Waals surface area contributed by atoms with Crippen LogP contribution in [0.15, 0.2) is 101 Å². The monoisotopic (exact) mass is 481 g/mol. The number of carbonyl (C=O) groups excluding carboxylic acids is 1. The standard InChI is InChI=1S/C27H23N5O2S/c1-30-25(34)31(2)27(21-16-10-5-11-17-21)26(30,20-14-8-4-9-15-20)28-24-32(29-27)23(33)22(35-24)18-19-12-6-3-7-13-19/h3-18,29H,1-2H3/b22-18+/t26-,27+/m1/s1. The Bertz CT molecular complexity index is 1600. The van der Waals surface area contributed by atoms with Gasteiger partial charge in [0.25, 0.3) is 5.56 Å². The first-order valence-electron chi connectivity index (χ1n) is 11.3. The highest BCUT2D eigenvalue weighted by molar-refractivity contribution is 7.07. The number of benzene rings is 3. The summed E-state index contributed by atoms with van der Waals surface area (Å²) >= 11 is 1.31. The minimum atomic E-state index is -1.16. The van der Waals surface area contributed by atoms with Crippen LogP contribution in [0.5, 0.6) is 0 Å². The molecule has 4 aromatic rings. The number of hydrogen-bond donors (Lipinski definition) is 1. The summed E-state index contributed by atoms with van der Waals surface area (Å²) in [7, 11) is 3.51. The average molecular weight is 482 g/mol. The van der Waals surface area contributed by atoms with Crippen LogP contribution in [0, 0.1) is 0 Å². The number of hydrogen-bond acceptors (Lipinski definition) is 5. The van der Waals surface area contributed by atoms with Crippen molar-refractivity contribution >= 4 is 23.4 Å². The SMILES string of the molecule is CN1C(=O)N(C)[C@]2(c3ccccc3)Nn3c(s/c(=C/c4ccccc4)c3=O)=N[C@]12c1ccccc1. The molecule has 0 radical (unpaired) electrons. The largest absolute Gasteiger partial charge is 0.324 e. The molecule has 1 N–H and O–H groups in total. The highest BCUT2D eigenvalue weighted by Gasteiger charge is 2.69. The van der Waals surface area contributed by atoms with Gasteiger partial charge in [0.05, 0.1) is 4.53 Å². The number of nitrogens with zero attached hydrogens (tertiary/aromatic N) is 4. The van der Waals surface area contributed by atoms with E-state index in [1.807, 2.05) is 97.1 Å². The quantitative estimate of drug-likeness (QED) is 0.489. The summed E-state index contributed by atoms with van der Waals surface area (Å²) in [5, 5.41) is 0. The van der Waals surface area contributed by atoms with E-state index in [0.29, 0.717) is 9.33 Å². The Labute approximate surface area is 205 Å². The van der Waals surface area contributed by atoms with Crippen LogP contribution in [0.1, 0.15) is 16.7 Å². The molecule has 1 saturated heterocycles. The van der Waals surface area contributed by atoms with Gasteiger partial charge in [-0.15, -0.1) is 0 Å². The molecule has 2 aliphatic rings. The molecular weight excluding hydrogens is 458 g/mol. The van der Waals surface area contributed by atoms with Crippen molar-refractivity contribution in [2.75, 3.05) is 19.5 Å². The third kappa shape index (κ3) is 2.80. The van der Waals surface area contributed by atoms with Crippen molar-refractivity contribution in [2.45, 2.75) is 11.3 Å². The molecule has 174 valence electrons. The number of rotatable bonds is 3. The zero-order valence-electron chi connectivity index (χ0n) is 19.3. The molecule has 0 aliphatic carbocycles. The van der Waals surface area contributed by atoms with Gasteiger partial charge in [0.15, 0.2) is 0 Å². The van der Waals surface area contributed by atoms with E-state index in [4.69, 9.17) is 4.99 Å². The van der Waals surface area contributed by atoms with E-state index in [-0.39, 0.29) is 11.6 Å². The Morgan fingerprint density at radius 3 is 2.00 bits per heavy atom. The topological polar surface area (TPSA) is 69.9 Å². The Hall–Kier alpha value is -4.17. The zero-order valence-corrected chi connectivity index (χ0v) is 20.1. The van der Waals surface area contributed by atoms with Gasteiger partial charge in [0, 0.05) is 25.2 Å². The molecule has 3 aromatic carbocycles. The lowest BCUT2D eigenvalue weighted by atomic mass is 9.80. The van der Waals surface area contributed by atoms with E-state index in [0.717, 1.165) is 16.7 Å². The van der Waals surface area contributed by atoms with Crippen molar-refractivity contribution < 1.29 is 4.79 Å². The van der Waals surface area contributed by atoms with E-state index >= 15 is 0 Å². The van der Waals surface area contributed by atoms with Gasteiger partial charge in [-0.05, 0) is 11.6 Å². The second-order valence-electron chi connectivity index (χ2n) is 8.68. The smallest absolute Gasteiger partial charge is 0.295 e. The molecule has 0 spiro atoms. The summed E-state index contributed by atoms with van der Waals surface area (Å²) in [4.78, 5) is 36.2. The van der Waals surface area contributed by atoms with Crippen LogP contribution in [-0.2, 0) is 11.3 Å². The molecule has 0 saturated carbocycles. The van der Waals surface area contributed by atoms with Gasteiger partial charge < -0.3 is 0 Å². The number of likely N-dealkylation sites (N-methyl/N-ethyl adjacent to an activating group) is 2. The summed E-state index contributed by atoms with van der Waals surface area (Å²) in [5.41, 5.74) is 3.56. The minimum Gasteiger partial charge on any atom is -0.295 e. The summed E-state index contributed by atoms with van der Waals surface area (Å²) < 4.78 is 2.04. The molecule has 8 heteroatoms. The zero-order chi connectivity index (χ0) is 24.2. The average Bonchev–Trinajstić information content (AvgIpc) is 3.29. The molecule has 6 rings (SSSR count). The molecule has 0 unspecified atom stereocenters.